The summed E-state index contributed by atoms with van der Waals surface area (Å²) in [5.41, 5.74) is 2.10. The Labute approximate surface area is 123 Å². The lowest BCUT2D eigenvalue weighted by Crippen LogP contribution is -2.06. The Balaban J connectivity index is 2.03. The second-order valence-electron chi connectivity index (χ2n) is 4.71. The van der Waals surface area contributed by atoms with E-state index < -0.39 is 17.7 Å². The summed E-state index contributed by atoms with van der Waals surface area (Å²) in [6.45, 7) is 0.994. The smallest absolute Gasteiger partial charge is 0.133 e. The van der Waals surface area contributed by atoms with Gasteiger partial charge in [0.15, 0.2) is 0 Å². The summed E-state index contributed by atoms with van der Waals surface area (Å²) < 4.78 is 33.3. The second kappa shape index (κ2) is 5.24. The molecule has 1 atom stereocenters. The molecule has 0 amide bonds. The predicted molar refractivity (Wildman–Crippen MR) is 73.1 cm³/mol. The fraction of sp³-hybridized carbons (Fsp3) is 0.200. The number of halogens is 3. The Morgan fingerprint density at radius 1 is 1.05 bits per heavy atom. The standard InChI is InChI=1S/C15H11BrF2O2/c16-11-4-12(17)14(13(18)5-11)15(19)8-1-2-9-6-20-7-10(9)3-8/h1-5,15,19H,6-7H2. The van der Waals surface area contributed by atoms with Gasteiger partial charge in [-0.2, -0.15) is 0 Å². The van der Waals surface area contributed by atoms with Gasteiger partial charge in [-0.15, -0.1) is 0 Å². The van der Waals surface area contributed by atoms with Crippen molar-refractivity contribution in [3.8, 4) is 0 Å². The Kier molecular flexibility index (Phi) is 3.58. The molecule has 0 saturated heterocycles. The first-order valence-corrected chi connectivity index (χ1v) is 6.87. The molecule has 3 rings (SSSR count). The summed E-state index contributed by atoms with van der Waals surface area (Å²) in [6.07, 6.45) is -1.34. The van der Waals surface area contributed by atoms with E-state index in [2.05, 4.69) is 15.9 Å². The Hall–Kier alpha value is -1.30. The van der Waals surface area contributed by atoms with E-state index in [9.17, 15) is 13.9 Å². The van der Waals surface area contributed by atoms with Gasteiger partial charge in [-0.05, 0) is 28.8 Å². The number of ether oxygens (including phenoxy) is 1. The van der Waals surface area contributed by atoms with E-state index in [4.69, 9.17) is 4.74 Å². The maximum absolute atomic E-state index is 13.9. The number of rotatable bonds is 2. The number of benzene rings is 2. The minimum atomic E-state index is -1.34. The van der Waals surface area contributed by atoms with Gasteiger partial charge in [-0.3, -0.25) is 0 Å². The number of aliphatic hydroxyl groups excluding tert-OH is 1. The number of hydrogen-bond acceptors (Lipinski definition) is 2. The molecule has 0 fully saturated rings. The average molecular weight is 341 g/mol. The normalized spacial score (nSPS) is 15.2. The zero-order valence-corrected chi connectivity index (χ0v) is 12.0. The van der Waals surface area contributed by atoms with Gasteiger partial charge in [0.1, 0.15) is 17.7 Å². The fourth-order valence-corrected chi connectivity index (χ4v) is 2.75. The van der Waals surface area contributed by atoms with Crippen molar-refractivity contribution in [2.45, 2.75) is 19.3 Å². The van der Waals surface area contributed by atoms with E-state index in [0.29, 0.717) is 23.2 Å². The van der Waals surface area contributed by atoms with Crippen LogP contribution in [-0.4, -0.2) is 5.11 Å². The van der Waals surface area contributed by atoms with Crippen molar-refractivity contribution in [1.82, 2.24) is 0 Å². The SMILES string of the molecule is OC(c1ccc2c(c1)COC2)c1c(F)cc(Br)cc1F. The second-order valence-corrected chi connectivity index (χ2v) is 5.62. The lowest BCUT2D eigenvalue weighted by atomic mass is 9.97. The zero-order chi connectivity index (χ0) is 14.3. The van der Waals surface area contributed by atoms with Crippen LogP contribution in [-0.2, 0) is 18.0 Å². The van der Waals surface area contributed by atoms with Crippen LogP contribution in [0.15, 0.2) is 34.8 Å². The molecule has 104 valence electrons. The molecule has 2 aromatic rings. The van der Waals surface area contributed by atoms with E-state index in [-0.39, 0.29) is 5.56 Å². The van der Waals surface area contributed by atoms with Gasteiger partial charge in [0.2, 0.25) is 0 Å². The Bertz CT molecular complexity index is 650. The largest absolute Gasteiger partial charge is 0.383 e. The van der Waals surface area contributed by atoms with Gasteiger partial charge in [0, 0.05) is 4.47 Å². The summed E-state index contributed by atoms with van der Waals surface area (Å²) >= 11 is 3.01. The van der Waals surface area contributed by atoms with Crippen molar-refractivity contribution in [2.24, 2.45) is 0 Å². The lowest BCUT2D eigenvalue weighted by Gasteiger charge is -2.14. The summed E-state index contributed by atoms with van der Waals surface area (Å²) in [7, 11) is 0. The molecule has 2 nitrogen and oxygen atoms in total. The van der Waals surface area contributed by atoms with Crippen molar-refractivity contribution in [2.75, 3.05) is 0 Å². The van der Waals surface area contributed by atoms with Crippen molar-refractivity contribution in [3.63, 3.8) is 0 Å². The molecule has 0 spiro atoms. The van der Waals surface area contributed by atoms with Crippen LogP contribution in [0.1, 0.15) is 28.4 Å². The van der Waals surface area contributed by atoms with Crippen LogP contribution >= 0.6 is 15.9 Å². The summed E-state index contributed by atoms with van der Waals surface area (Å²) in [5.74, 6) is -1.55. The lowest BCUT2D eigenvalue weighted by molar-refractivity contribution is 0.134. The van der Waals surface area contributed by atoms with Crippen molar-refractivity contribution >= 4 is 15.9 Å². The summed E-state index contributed by atoms with van der Waals surface area (Å²) in [5, 5.41) is 10.2. The van der Waals surface area contributed by atoms with Crippen LogP contribution in [0.5, 0.6) is 0 Å². The fourth-order valence-electron chi connectivity index (χ4n) is 2.34. The molecule has 0 aromatic heterocycles. The van der Waals surface area contributed by atoms with Crippen LogP contribution in [0, 0.1) is 11.6 Å². The molecule has 5 heteroatoms. The minimum Gasteiger partial charge on any atom is -0.383 e. The first kappa shape index (κ1) is 13.7. The van der Waals surface area contributed by atoms with Gasteiger partial charge in [-0.25, -0.2) is 8.78 Å². The third-order valence-corrected chi connectivity index (χ3v) is 3.84. The molecular weight excluding hydrogens is 330 g/mol. The van der Waals surface area contributed by atoms with Gasteiger partial charge in [0.25, 0.3) is 0 Å². The highest BCUT2D eigenvalue weighted by atomic mass is 79.9. The molecule has 0 saturated carbocycles. The van der Waals surface area contributed by atoms with E-state index in [0.717, 1.165) is 23.3 Å². The minimum absolute atomic E-state index is 0.297. The van der Waals surface area contributed by atoms with E-state index >= 15 is 0 Å². The van der Waals surface area contributed by atoms with Gasteiger partial charge >= 0.3 is 0 Å². The van der Waals surface area contributed by atoms with Crippen LogP contribution in [0.4, 0.5) is 8.78 Å². The van der Waals surface area contributed by atoms with E-state index in [1.54, 1.807) is 12.1 Å². The van der Waals surface area contributed by atoms with E-state index in [1.807, 2.05) is 6.07 Å². The maximum atomic E-state index is 13.9. The first-order valence-electron chi connectivity index (χ1n) is 6.08. The third-order valence-electron chi connectivity index (χ3n) is 3.38. The van der Waals surface area contributed by atoms with Crippen LogP contribution < -0.4 is 0 Å². The van der Waals surface area contributed by atoms with Gasteiger partial charge < -0.3 is 9.84 Å². The molecule has 20 heavy (non-hydrogen) atoms. The molecule has 0 aliphatic carbocycles. The number of aliphatic hydroxyl groups is 1. The highest BCUT2D eigenvalue weighted by molar-refractivity contribution is 9.10. The van der Waals surface area contributed by atoms with Crippen molar-refractivity contribution in [1.29, 1.82) is 0 Å². The van der Waals surface area contributed by atoms with Crippen LogP contribution in [0.3, 0.4) is 0 Å². The summed E-state index contributed by atoms with van der Waals surface area (Å²) in [4.78, 5) is 0. The first-order chi connectivity index (χ1) is 9.56. The zero-order valence-electron chi connectivity index (χ0n) is 10.4. The number of fused-ring (bicyclic) bond motifs is 1. The van der Waals surface area contributed by atoms with Crippen molar-refractivity contribution in [3.05, 3.63) is 68.7 Å². The molecule has 1 unspecified atom stereocenters. The molecule has 0 bridgehead atoms. The quantitative estimate of drug-likeness (QED) is 0.899. The third kappa shape index (κ3) is 2.37. The highest BCUT2D eigenvalue weighted by Crippen LogP contribution is 2.31. The van der Waals surface area contributed by atoms with Crippen LogP contribution in [0.25, 0.3) is 0 Å². The topological polar surface area (TPSA) is 29.5 Å². The molecule has 2 aromatic carbocycles. The van der Waals surface area contributed by atoms with Gasteiger partial charge in [0.05, 0.1) is 18.8 Å². The van der Waals surface area contributed by atoms with E-state index in [1.165, 1.54) is 0 Å². The molecule has 1 N–H and O–H groups in total. The molecule has 1 aliphatic rings. The average Bonchev–Trinajstić information content (AvgIpc) is 2.84. The van der Waals surface area contributed by atoms with Crippen LogP contribution in [0.2, 0.25) is 0 Å². The molecule has 1 aliphatic heterocycles. The monoisotopic (exact) mass is 340 g/mol. The number of hydrogen-bond donors (Lipinski definition) is 1. The Morgan fingerprint density at radius 2 is 1.70 bits per heavy atom. The van der Waals surface area contributed by atoms with Gasteiger partial charge in [-0.1, -0.05) is 34.1 Å². The predicted octanol–water partition coefficient (Wildman–Crippen LogP) is 3.84. The summed E-state index contributed by atoms with van der Waals surface area (Å²) in [6, 6.07) is 7.48. The molecule has 1 heterocycles. The Morgan fingerprint density at radius 3 is 2.40 bits per heavy atom. The van der Waals surface area contributed by atoms with Crippen molar-refractivity contribution < 1.29 is 18.6 Å². The molecule has 0 radical (unpaired) electrons. The maximum Gasteiger partial charge on any atom is 0.133 e. The highest BCUT2D eigenvalue weighted by Gasteiger charge is 2.22. The molecular formula is C15H11BrF2O2.